The fourth-order valence-electron chi connectivity index (χ4n) is 1.72. The zero-order valence-electron chi connectivity index (χ0n) is 9.09. The third-order valence-corrected chi connectivity index (χ3v) is 3.81. The van der Waals surface area contributed by atoms with Crippen LogP contribution in [0.2, 0.25) is 0 Å². The third-order valence-electron chi connectivity index (χ3n) is 2.66. The molecule has 1 atom stereocenters. The Balaban J connectivity index is 2.27. The van der Waals surface area contributed by atoms with Gasteiger partial charge in [0.2, 0.25) is 0 Å². The molecule has 0 aromatic carbocycles. The molecule has 0 saturated heterocycles. The molecule has 0 aliphatic carbocycles. The lowest BCUT2D eigenvalue weighted by Crippen LogP contribution is -2.25. The van der Waals surface area contributed by atoms with Crippen LogP contribution in [0.4, 0.5) is 0 Å². The van der Waals surface area contributed by atoms with Crippen molar-refractivity contribution in [2.75, 3.05) is 0 Å². The maximum atomic E-state index is 11.3. The van der Waals surface area contributed by atoms with Gasteiger partial charge in [-0.3, -0.25) is 4.98 Å². The van der Waals surface area contributed by atoms with Crippen molar-refractivity contribution in [1.82, 2.24) is 4.98 Å². The number of aldehydes is 1. The van der Waals surface area contributed by atoms with E-state index in [1.54, 1.807) is 23.7 Å². The first kappa shape index (κ1) is 11.0. The Morgan fingerprint density at radius 3 is 2.69 bits per heavy atom. The second-order valence-electron chi connectivity index (χ2n) is 4.04. The molecule has 16 heavy (non-hydrogen) atoms. The van der Waals surface area contributed by atoms with Crippen molar-refractivity contribution < 1.29 is 4.79 Å². The number of carbonyl (C=O) groups excluding carboxylic acids is 1. The minimum Gasteiger partial charge on any atom is -0.302 e. The molecule has 2 heterocycles. The molecule has 2 aromatic rings. The van der Waals surface area contributed by atoms with Gasteiger partial charge in [-0.05, 0) is 42.5 Å². The van der Waals surface area contributed by atoms with Crippen molar-refractivity contribution in [1.29, 1.82) is 0 Å². The normalized spacial score (nSPS) is 14.3. The highest BCUT2D eigenvalue weighted by Crippen LogP contribution is 2.29. The lowest BCUT2D eigenvalue weighted by molar-refractivity contribution is -0.112. The van der Waals surface area contributed by atoms with E-state index in [2.05, 4.69) is 4.98 Å². The van der Waals surface area contributed by atoms with Crippen LogP contribution in [-0.4, -0.2) is 11.3 Å². The Hall–Kier alpha value is -1.48. The summed E-state index contributed by atoms with van der Waals surface area (Å²) in [5.41, 5.74) is 0.716. The van der Waals surface area contributed by atoms with Gasteiger partial charge in [0.1, 0.15) is 6.29 Å². The highest BCUT2D eigenvalue weighted by Gasteiger charge is 2.27. The summed E-state index contributed by atoms with van der Waals surface area (Å²) in [6, 6.07) is 7.90. The Morgan fingerprint density at radius 2 is 2.12 bits per heavy atom. The zero-order chi connectivity index (χ0) is 11.4. The first-order valence-electron chi connectivity index (χ1n) is 5.14. The van der Waals surface area contributed by atoms with Crippen molar-refractivity contribution in [2.24, 2.45) is 0 Å². The molecule has 0 N–H and O–H groups in total. The van der Waals surface area contributed by atoms with Crippen molar-refractivity contribution in [3.8, 4) is 0 Å². The maximum Gasteiger partial charge on any atom is 0.131 e. The van der Waals surface area contributed by atoms with E-state index in [1.807, 2.05) is 36.6 Å². The fourth-order valence-corrected chi connectivity index (χ4v) is 2.57. The Bertz CT molecular complexity index is 452. The van der Waals surface area contributed by atoms with Gasteiger partial charge in [-0.2, -0.15) is 0 Å². The monoisotopic (exact) mass is 231 g/mol. The first-order chi connectivity index (χ1) is 7.74. The van der Waals surface area contributed by atoms with Crippen LogP contribution in [0.5, 0.6) is 0 Å². The number of carbonyl (C=O) groups is 1. The number of pyridine rings is 1. The number of nitrogens with zero attached hydrogens (tertiary/aromatic N) is 1. The zero-order valence-corrected chi connectivity index (χ0v) is 9.91. The summed E-state index contributed by atoms with van der Waals surface area (Å²) in [5, 5.41) is 2.00. The van der Waals surface area contributed by atoms with Gasteiger partial charge < -0.3 is 4.79 Å². The number of aromatic nitrogens is 1. The highest BCUT2D eigenvalue weighted by atomic mass is 32.1. The molecule has 82 valence electrons. The number of hydrogen-bond acceptors (Lipinski definition) is 3. The summed E-state index contributed by atoms with van der Waals surface area (Å²) in [4.78, 5) is 16.4. The molecule has 0 spiro atoms. The minimum atomic E-state index is -0.421. The largest absolute Gasteiger partial charge is 0.302 e. The molecular formula is C13H13NOS. The molecule has 0 radical (unpaired) electrons. The molecule has 0 fully saturated rings. The van der Waals surface area contributed by atoms with Crippen molar-refractivity contribution in [3.05, 3.63) is 52.5 Å². The predicted molar refractivity (Wildman–Crippen MR) is 65.7 cm³/mol. The van der Waals surface area contributed by atoms with Gasteiger partial charge >= 0.3 is 0 Å². The molecule has 0 amide bonds. The van der Waals surface area contributed by atoms with E-state index in [-0.39, 0.29) is 0 Å². The second kappa shape index (κ2) is 4.58. The Labute approximate surface area is 99.0 Å². The van der Waals surface area contributed by atoms with Crippen molar-refractivity contribution in [2.45, 2.75) is 18.8 Å². The quantitative estimate of drug-likeness (QED) is 0.757. The lowest BCUT2D eigenvalue weighted by Gasteiger charge is -2.21. The van der Waals surface area contributed by atoms with Crippen LogP contribution in [0.15, 0.2) is 42.0 Å². The maximum absolute atomic E-state index is 11.3. The van der Waals surface area contributed by atoms with Crippen LogP contribution in [-0.2, 0) is 16.6 Å². The number of thiophene rings is 1. The van der Waals surface area contributed by atoms with Crippen molar-refractivity contribution in [3.63, 3.8) is 0 Å². The molecule has 1 unspecified atom stereocenters. The molecular weight excluding hydrogens is 218 g/mol. The van der Waals surface area contributed by atoms with Crippen molar-refractivity contribution >= 4 is 17.6 Å². The summed E-state index contributed by atoms with van der Waals surface area (Å²) in [6.07, 6.45) is 5.28. The van der Waals surface area contributed by atoms with Gasteiger partial charge in [0.05, 0.1) is 5.41 Å². The van der Waals surface area contributed by atoms with Gasteiger partial charge in [-0.15, -0.1) is 11.3 Å². The van der Waals surface area contributed by atoms with Gasteiger partial charge in [0, 0.05) is 17.3 Å². The fraction of sp³-hybridized carbons (Fsp3) is 0.231. The molecule has 0 bridgehead atoms. The molecule has 2 rings (SSSR count). The van der Waals surface area contributed by atoms with E-state index in [1.165, 1.54) is 0 Å². The molecule has 2 nitrogen and oxygen atoms in total. The van der Waals surface area contributed by atoms with E-state index in [4.69, 9.17) is 0 Å². The predicted octanol–water partition coefficient (Wildman–Crippen LogP) is 2.84. The van der Waals surface area contributed by atoms with Crippen LogP contribution in [0.1, 0.15) is 17.4 Å². The van der Waals surface area contributed by atoms with Gasteiger partial charge in [0.15, 0.2) is 0 Å². The first-order valence-corrected chi connectivity index (χ1v) is 6.02. The smallest absolute Gasteiger partial charge is 0.131 e. The second-order valence-corrected chi connectivity index (χ2v) is 4.99. The van der Waals surface area contributed by atoms with Crippen LogP contribution >= 0.6 is 11.3 Å². The van der Waals surface area contributed by atoms with Crippen LogP contribution < -0.4 is 0 Å². The Morgan fingerprint density at radius 1 is 1.38 bits per heavy atom. The molecule has 0 aliphatic heterocycles. The highest BCUT2D eigenvalue weighted by molar-refractivity contribution is 7.10. The van der Waals surface area contributed by atoms with E-state index in [0.29, 0.717) is 0 Å². The minimum absolute atomic E-state index is 0.421. The van der Waals surface area contributed by atoms with Crippen LogP contribution in [0.25, 0.3) is 0 Å². The van der Waals surface area contributed by atoms with E-state index in [9.17, 15) is 4.79 Å². The van der Waals surface area contributed by atoms with Gasteiger partial charge in [-0.25, -0.2) is 0 Å². The van der Waals surface area contributed by atoms with Gasteiger partial charge in [0.25, 0.3) is 0 Å². The summed E-state index contributed by atoms with van der Waals surface area (Å²) < 4.78 is 0. The van der Waals surface area contributed by atoms with E-state index < -0.39 is 5.41 Å². The third kappa shape index (κ3) is 2.19. The Kier molecular flexibility index (Phi) is 3.15. The molecule has 3 heteroatoms. The average Bonchev–Trinajstić information content (AvgIpc) is 2.84. The molecule has 0 saturated carbocycles. The lowest BCUT2D eigenvalue weighted by atomic mass is 9.84. The average molecular weight is 231 g/mol. The summed E-state index contributed by atoms with van der Waals surface area (Å²) in [7, 11) is 0. The SMILES string of the molecule is CC(C=O)(Cc1ccncc1)c1cccs1. The summed E-state index contributed by atoms with van der Waals surface area (Å²) >= 11 is 1.63. The van der Waals surface area contributed by atoms with E-state index >= 15 is 0 Å². The topological polar surface area (TPSA) is 30.0 Å². The van der Waals surface area contributed by atoms with Gasteiger partial charge in [-0.1, -0.05) is 6.07 Å². The van der Waals surface area contributed by atoms with Crippen LogP contribution in [0, 0.1) is 0 Å². The summed E-state index contributed by atoms with van der Waals surface area (Å²) in [6.45, 7) is 1.98. The molecule has 0 aliphatic rings. The number of hydrogen-bond donors (Lipinski definition) is 0. The number of rotatable bonds is 4. The van der Waals surface area contributed by atoms with E-state index in [0.717, 1.165) is 23.1 Å². The van der Waals surface area contributed by atoms with Crippen LogP contribution in [0.3, 0.4) is 0 Å². The molecule has 2 aromatic heterocycles. The standard InChI is InChI=1S/C13H13NOS/c1-13(10-15,12-3-2-8-16-12)9-11-4-6-14-7-5-11/h2-8,10H,9H2,1H3. The summed E-state index contributed by atoms with van der Waals surface area (Å²) in [5.74, 6) is 0.